The van der Waals surface area contributed by atoms with Gasteiger partial charge >= 0.3 is 11.6 Å². The van der Waals surface area contributed by atoms with Crippen LogP contribution in [0.4, 0.5) is 5.95 Å². The fraction of sp³-hybridized carbons (Fsp3) is 0.125. The molecule has 1 aromatic carbocycles. The van der Waals surface area contributed by atoms with Crippen LogP contribution in [0.25, 0.3) is 28.0 Å². The summed E-state index contributed by atoms with van der Waals surface area (Å²) < 4.78 is 7.85. The maximum Gasteiger partial charge on any atom is 0.411 e. The second-order valence-electron chi connectivity index (χ2n) is 7.73. The normalized spacial score (nSPS) is 11.1. The van der Waals surface area contributed by atoms with Crippen LogP contribution in [0.15, 0.2) is 65.6 Å². The minimum Gasteiger partial charge on any atom is -0.495 e. The van der Waals surface area contributed by atoms with Crippen molar-refractivity contribution in [3.8, 4) is 28.1 Å². The number of hydrogen-bond acceptors (Lipinski definition) is 6. The lowest BCUT2D eigenvalue weighted by Crippen LogP contribution is -2.28. The smallest absolute Gasteiger partial charge is 0.411 e. The lowest BCUT2D eigenvalue weighted by atomic mass is 10.0. The van der Waals surface area contributed by atoms with Crippen molar-refractivity contribution in [2.75, 3.05) is 12.8 Å². The van der Waals surface area contributed by atoms with Gasteiger partial charge in [0.25, 0.3) is 0 Å². The molecule has 0 aliphatic rings. The van der Waals surface area contributed by atoms with Gasteiger partial charge in [0.2, 0.25) is 5.65 Å². The number of nitrogens with zero attached hydrogens (tertiary/aromatic N) is 5. The molecule has 0 unspecified atom stereocenters. The van der Waals surface area contributed by atoms with E-state index >= 15 is 0 Å². The van der Waals surface area contributed by atoms with Crippen molar-refractivity contribution >= 4 is 23.2 Å². The summed E-state index contributed by atoms with van der Waals surface area (Å²) in [6.07, 6.45) is 1.60. The summed E-state index contributed by atoms with van der Waals surface area (Å²) in [5.74, 6) is 0.790. The van der Waals surface area contributed by atoms with Crippen LogP contribution in [0.3, 0.4) is 0 Å². The molecule has 34 heavy (non-hydrogen) atoms. The number of anilines is 1. The van der Waals surface area contributed by atoms with E-state index in [1.54, 1.807) is 31.5 Å². The van der Waals surface area contributed by atoms with Crippen LogP contribution in [0.5, 0.6) is 5.75 Å². The van der Waals surface area contributed by atoms with Crippen molar-refractivity contribution in [2.45, 2.75) is 13.5 Å². The number of nitrogens with one attached hydrogen (secondary N) is 1. The molecule has 4 aromatic heterocycles. The van der Waals surface area contributed by atoms with E-state index in [0.717, 1.165) is 16.8 Å². The summed E-state index contributed by atoms with van der Waals surface area (Å²) in [5, 5.41) is 5.01. The molecule has 0 amide bonds. The molecule has 5 rings (SSSR count). The van der Waals surface area contributed by atoms with Crippen molar-refractivity contribution < 1.29 is 9.72 Å². The van der Waals surface area contributed by atoms with Crippen molar-refractivity contribution in [3.63, 3.8) is 0 Å². The molecular formula is C24H21ClN7O2+. The van der Waals surface area contributed by atoms with Gasteiger partial charge < -0.3 is 4.74 Å². The van der Waals surface area contributed by atoms with Crippen LogP contribution in [0, 0.1) is 6.92 Å². The summed E-state index contributed by atoms with van der Waals surface area (Å²) in [6, 6.07) is 16.9. The Kier molecular flexibility index (Phi) is 5.46. The van der Waals surface area contributed by atoms with E-state index < -0.39 is 0 Å². The first-order chi connectivity index (χ1) is 16.4. The number of nitrogens with two attached hydrogens (primary N) is 1. The molecule has 0 aliphatic carbocycles. The first-order valence-corrected chi connectivity index (χ1v) is 10.9. The average molecular weight is 475 g/mol. The predicted octanol–water partition coefficient (Wildman–Crippen LogP) is 3.04. The maximum absolute atomic E-state index is 13.3. The number of fused-ring (bicyclic) bond motifs is 1. The van der Waals surface area contributed by atoms with E-state index in [0.29, 0.717) is 33.5 Å². The van der Waals surface area contributed by atoms with Crippen molar-refractivity contribution in [1.82, 2.24) is 24.1 Å². The fourth-order valence-corrected chi connectivity index (χ4v) is 4.14. The summed E-state index contributed by atoms with van der Waals surface area (Å²) >= 11 is 6.29. The second-order valence-corrected chi connectivity index (χ2v) is 8.12. The molecule has 170 valence electrons. The Morgan fingerprint density at radius 2 is 1.91 bits per heavy atom. The highest BCUT2D eigenvalue weighted by Crippen LogP contribution is 2.33. The first-order valence-electron chi connectivity index (χ1n) is 10.5. The number of aryl methyl sites for hydroxylation is 1. The molecule has 0 saturated heterocycles. The Labute approximate surface area is 199 Å². The number of H-pyrrole nitrogens is 1. The van der Waals surface area contributed by atoms with Crippen molar-refractivity contribution in [3.05, 3.63) is 87.8 Å². The Morgan fingerprint density at radius 3 is 2.59 bits per heavy atom. The van der Waals surface area contributed by atoms with Crippen LogP contribution in [0.1, 0.15) is 11.4 Å². The van der Waals surface area contributed by atoms with Crippen molar-refractivity contribution in [2.24, 2.45) is 0 Å². The van der Waals surface area contributed by atoms with Gasteiger partial charge in [-0.2, -0.15) is 4.68 Å². The number of ether oxygens (including phenoxy) is 1. The minimum atomic E-state index is -0.390. The molecule has 0 radical (unpaired) electrons. The molecule has 0 aliphatic heterocycles. The third kappa shape index (κ3) is 3.86. The van der Waals surface area contributed by atoms with E-state index in [4.69, 9.17) is 22.1 Å². The lowest BCUT2D eigenvalue weighted by molar-refractivity contribution is -0.351. The Morgan fingerprint density at radius 1 is 1.12 bits per heavy atom. The molecule has 10 heteroatoms. The SMILES string of the molecule is COc1ccc(Cn2nc3c(-c4cc(C)nc(Cl)c4)c(-c4ccccc4)[nH+]c(N)n3c2=O)nc1. The zero-order valence-corrected chi connectivity index (χ0v) is 19.2. The zero-order chi connectivity index (χ0) is 23.8. The van der Waals surface area contributed by atoms with Gasteiger partial charge in [-0.05, 0) is 36.8 Å². The summed E-state index contributed by atoms with van der Waals surface area (Å²) in [6.45, 7) is 2.02. The Balaban J connectivity index is 1.77. The van der Waals surface area contributed by atoms with Crippen LogP contribution >= 0.6 is 11.6 Å². The number of benzene rings is 1. The highest BCUT2D eigenvalue weighted by molar-refractivity contribution is 6.29. The largest absolute Gasteiger partial charge is 0.495 e. The number of rotatable bonds is 5. The Bertz CT molecular complexity index is 1540. The second kappa shape index (κ2) is 8.60. The van der Waals surface area contributed by atoms with Gasteiger partial charge in [-0.1, -0.05) is 41.9 Å². The van der Waals surface area contributed by atoms with Gasteiger partial charge in [-0.3, -0.25) is 10.7 Å². The van der Waals surface area contributed by atoms with Crippen LogP contribution in [-0.4, -0.2) is 31.3 Å². The first kappa shape index (κ1) is 21.6. The standard InChI is InChI=1S/C24H20ClN7O2/c1-14-10-16(11-19(25)28-14)20-21(15-6-4-3-5-7-15)29-23(26)32-22(20)30-31(24(32)33)13-17-8-9-18(34-2)12-27-17/h3-12H,13H2,1-2H3,(H2,26,29)/p+1. The molecule has 4 heterocycles. The van der Waals surface area contributed by atoms with Gasteiger partial charge in [-0.15, -0.1) is 9.50 Å². The van der Waals surface area contributed by atoms with Gasteiger partial charge in [0.05, 0.1) is 31.1 Å². The van der Waals surface area contributed by atoms with Crippen LogP contribution in [-0.2, 0) is 6.54 Å². The number of pyridine rings is 2. The predicted molar refractivity (Wildman–Crippen MR) is 129 cm³/mol. The third-order valence-corrected chi connectivity index (χ3v) is 5.62. The molecular weight excluding hydrogens is 454 g/mol. The minimum absolute atomic E-state index is 0.161. The highest BCUT2D eigenvalue weighted by Gasteiger charge is 2.26. The summed E-state index contributed by atoms with van der Waals surface area (Å²) in [5.41, 5.74) is 10.8. The molecule has 5 aromatic rings. The molecule has 9 nitrogen and oxygen atoms in total. The number of nitrogen functional groups attached to an aromatic ring is 1. The fourth-order valence-electron chi connectivity index (χ4n) is 3.89. The average Bonchev–Trinajstić information content (AvgIpc) is 3.15. The summed E-state index contributed by atoms with van der Waals surface area (Å²) in [7, 11) is 1.57. The number of aromatic amines is 1. The van der Waals surface area contributed by atoms with Gasteiger partial charge in [0, 0.05) is 11.3 Å². The molecule has 0 bridgehead atoms. The highest BCUT2D eigenvalue weighted by atomic mass is 35.5. The van der Waals surface area contributed by atoms with Gasteiger partial charge in [-0.25, -0.2) is 14.8 Å². The van der Waals surface area contributed by atoms with Crippen LogP contribution < -0.4 is 21.1 Å². The van der Waals surface area contributed by atoms with E-state index in [9.17, 15) is 4.79 Å². The van der Waals surface area contributed by atoms with E-state index in [1.165, 1.54) is 9.08 Å². The van der Waals surface area contributed by atoms with Gasteiger partial charge in [0.15, 0.2) is 0 Å². The van der Waals surface area contributed by atoms with Crippen molar-refractivity contribution in [1.29, 1.82) is 0 Å². The maximum atomic E-state index is 13.3. The molecule has 3 N–H and O–H groups in total. The molecule has 0 saturated carbocycles. The number of methoxy groups -OCH3 is 1. The zero-order valence-electron chi connectivity index (χ0n) is 18.5. The topological polar surface area (TPSA) is 114 Å². The van der Waals surface area contributed by atoms with Crippen LogP contribution in [0.2, 0.25) is 5.15 Å². The number of halogens is 1. The molecule has 0 spiro atoms. The lowest BCUT2D eigenvalue weighted by Gasteiger charge is -2.10. The van der Waals surface area contributed by atoms with E-state index in [-0.39, 0.29) is 18.2 Å². The quantitative estimate of drug-likeness (QED) is 0.391. The number of hydrogen-bond donors (Lipinski definition) is 1. The molecule has 0 fully saturated rings. The third-order valence-electron chi connectivity index (χ3n) is 5.43. The Hall–Kier alpha value is -4.24. The monoisotopic (exact) mass is 474 g/mol. The molecule has 0 atom stereocenters. The van der Waals surface area contributed by atoms with Gasteiger partial charge in [0.1, 0.15) is 16.6 Å². The number of aromatic nitrogens is 6. The van der Waals surface area contributed by atoms with E-state index in [2.05, 4.69) is 20.1 Å². The summed E-state index contributed by atoms with van der Waals surface area (Å²) in [4.78, 5) is 25.1. The van der Waals surface area contributed by atoms with E-state index in [1.807, 2.05) is 43.3 Å².